The van der Waals surface area contributed by atoms with Gasteiger partial charge in [-0.15, -0.1) is 6.58 Å². The van der Waals surface area contributed by atoms with Gasteiger partial charge in [0.15, 0.2) is 0 Å². The van der Waals surface area contributed by atoms with Gasteiger partial charge in [0.25, 0.3) is 5.91 Å². The molecule has 0 radical (unpaired) electrons. The van der Waals surface area contributed by atoms with Crippen molar-refractivity contribution in [3.63, 3.8) is 0 Å². The van der Waals surface area contributed by atoms with Crippen molar-refractivity contribution in [3.8, 4) is 0 Å². The van der Waals surface area contributed by atoms with Crippen molar-refractivity contribution in [2.45, 2.75) is 19.0 Å². The summed E-state index contributed by atoms with van der Waals surface area (Å²) in [4.78, 5) is 42.1. The summed E-state index contributed by atoms with van der Waals surface area (Å²) >= 11 is 6.37. The van der Waals surface area contributed by atoms with Crippen LogP contribution in [0.5, 0.6) is 0 Å². The summed E-state index contributed by atoms with van der Waals surface area (Å²) in [7, 11) is 0. The van der Waals surface area contributed by atoms with Crippen LogP contribution in [0.25, 0.3) is 0 Å². The van der Waals surface area contributed by atoms with Crippen LogP contribution in [-0.2, 0) is 9.59 Å². The minimum absolute atomic E-state index is 0.0778. The first-order chi connectivity index (χ1) is 15.8. The van der Waals surface area contributed by atoms with Crippen LogP contribution in [-0.4, -0.2) is 46.8 Å². The molecule has 2 aromatic carbocycles. The fourth-order valence-corrected chi connectivity index (χ4v) is 4.26. The van der Waals surface area contributed by atoms with Crippen molar-refractivity contribution in [3.05, 3.63) is 88.9 Å². The highest BCUT2D eigenvalue weighted by Gasteiger charge is 2.46. The monoisotopic (exact) mass is 468 g/mol. The first kappa shape index (κ1) is 22.5. The van der Waals surface area contributed by atoms with Gasteiger partial charge in [0.05, 0.1) is 23.9 Å². The Morgan fingerprint density at radius 2 is 1.97 bits per heavy atom. The Hall–Kier alpha value is -3.65. The SMILES string of the molecule is C=CCN1C(=O)NC(c2ccccc2Cl)C2=C1CN(C(C)C(=O)Nc1ccc(F)cc1)C2=O. The molecule has 0 spiro atoms. The smallest absolute Gasteiger partial charge is 0.322 e. The van der Waals surface area contributed by atoms with Gasteiger partial charge >= 0.3 is 6.03 Å². The van der Waals surface area contributed by atoms with Gasteiger partial charge in [0.1, 0.15) is 11.9 Å². The molecule has 2 heterocycles. The van der Waals surface area contributed by atoms with Crippen LogP contribution in [0.15, 0.2) is 72.5 Å². The quantitative estimate of drug-likeness (QED) is 0.632. The third kappa shape index (κ3) is 4.21. The van der Waals surface area contributed by atoms with Crippen molar-refractivity contribution >= 4 is 35.1 Å². The van der Waals surface area contributed by atoms with Crippen LogP contribution in [0, 0.1) is 5.82 Å². The first-order valence-electron chi connectivity index (χ1n) is 10.4. The van der Waals surface area contributed by atoms with Crippen molar-refractivity contribution in [2.24, 2.45) is 0 Å². The van der Waals surface area contributed by atoms with Gasteiger partial charge in [0.2, 0.25) is 5.91 Å². The molecule has 2 aliphatic rings. The predicted molar refractivity (Wildman–Crippen MR) is 123 cm³/mol. The molecular formula is C24H22ClFN4O3. The molecule has 0 aromatic heterocycles. The molecule has 9 heteroatoms. The second-order valence-electron chi connectivity index (χ2n) is 7.77. The summed E-state index contributed by atoms with van der Waals surface area (Å²) in [6, 6.07) is 10.4. The molecule has 0 saturated carbocycles. The number of nitrogens with one attached hydrogen (secondary N) is 2. The van der Waals surface area contributed by atoms with Crippen LogP contribution >= 0.6 is 11.6 Å². The van der Waals surface area contributed by atoms with Gasteiger partial charge in [-0.25, -0.2) is 9.18 Å². The van der Waals surface area contributed by atoms with Crippen LogP contribution in [0.3, 0.4) is 0 Å². The maximum Gasteiger partial charge on any atom is 0.322 e. The third-order valence-electron chi connectivity index (χ3n) is 5.74. The largest absolute Gasteiger partial charge is 0.326 e. The van der Waals surface area contributed by atoms with Crippen LogP contribution < -0.4 is 10.6 Å². The number of hydrogen-bond acceptors (Lipinski definition) is 3. The summed E-state index contributed by atoms with van der Waals surface area (Å²) in [6.07, 6.45) is 1.57. The van der Waals surface area contributed by atoms with E-state index in [1.54, 1.807) is 37.3 Å². The number of benzene rings is 2. The Balaban J connectivity index is 1.64. The molecule has 2 atom stereocenters. The van der Waals surface area contributed by atoms with Crippen LogP contribution in [0.1, 0.15) is 18.5 Å². The number of carbonyl (C=O) groups excluding carboxylic acids is 3. The van der Waals surface area contributed by atoms with Gasteiger partial charge in [0, 0.05) is 17.3 Å². The summed E-state index contributed by atoms with van der Waals surface area (Å²) in [5.74, 6) is -1.22. The summed E-state index contributed by atoms with van der Waals surface area (Å²) in [6.45, 7) is 5.58. The number of rotatable bonds is 6. The average Bonchev–Trinajstić information content (AvgIpc) is 3.14. The topological polar surface area (TPSA) is 81.8 Å². The van der Waals surface area contributed by atoms with Gasteiger partial charge in [-0.1, -0.05) is 35.9 Å². The average molecular weight is 469 g/mol. The molecule has 2 unspecified atom stereocenters. The van der Waals surface area contributed by atoms with E-state index in [4.69, 9.17) is 11.6 Å². The Kier molecular flexibility index (Phi) is 6.20. The Morgan fingerprint density at radius 1 is 1.27 bits per heavy atom. The van der Waals surface area contributed by atoms with Crippen molar-refractivity contribution in [2.75, 3.05) is 18.4 Å². The maximum absolute atomic E-state index is 13.5. The van der Waals surface area contributed by atoms with Gasteiger partial charge in [-0.2, -0.15) is 0 Å². The molecule has 170 valence electrons. The second-order valence-corrected chi connectivity index (χ2v) is 8.18. The molecule has 2 aliphatic heterocycles. The molecule has 4 amide bonds. The zero-order chi connectivity index (χ0) is 23.7. The van der Waals surface area contributed by atoms with Gasteiger partial charge in [-0.3, -0.25) is 14.5 Å². The Labute approximate surface area is 195 Å². The zero-order valence-corrected chi connectivity index (χ0v) is 18.6. The number of halogens is 2. The lowest BCUT2D eigenvalue weighted by Crippen LogP contribution is -2.47. The van der Waals surface area contributed by atoms with Gasteiger partial charge < -0.3 is 15.5 Å². The van der Waals surface area contributed by atoms with Gasteiger partial charge in [-0.05, 0) is 42.8 Å². The number of hydrogen-bond donors (Lipinski definition) is 2. The Bertz CT molecular complexity index is 1160. The highest BCUT2D eigenvalue weighted by atomic mass is 35.5. The normalized spacial score (nSPS) is 18.7. The molecular weight excluding hydrogens is 447 g/mol. The third-order valence-corrected chi connectivity index (χ3v) is 6.08. The standard InChI is InChI=1S/C24H22ClFN4O3/c1-3-12-29-19-13-30(14(2)22(31)27-16-10-8-15(26)9-11-16)23(32)20(19)21(28-24(29)33)17-6-4-5-7-18(17)25/h3-11,14,21H,1,12-13H2,2H3,(H,27,31)(H,28,33). The maximum atomic E-state index is 13.5. The van der Waals surface area contributed by atoms with E-state index in [1.165, 1.54) is 34.1 Å². The minimum atomic E-state index is -0.847. The molecule has 0 fully saturated rings. The highest BCUT2D eigenvalue weighted by Crippen LogP contribution is 2.39. The van der Waals surface area contributed by atoms with E-state index in [1.807, 2.05) is 0 Å². The first-order valence-corrected chi connectivity index (χ1v) is 10.7. The van der Waals surface area contributed by atoms with E-state index in [-0.39, 0.29) is 25.0 Å². The molecule has 0 bridgehead atoms. The number of urea groups is 1. The van der Waals surface area contributed by atoms with E-state index in [0.29, 0.717) is 27.5 Å². The summed E-state index contributed by atoms with van der Waals surface area (Å²) in [5, 5.41) is 5.97. The molecule has 4 rings (SSSR count). The second kappa shape index (κ2) is 9.07. The number of nitrogens with zero attached hydrogens (tertiary/aromatic N) is 2. The molecule has 7 nitrogen and oxygen atoms in total. The molecule has 33 heavy (non-hydrogen) atoms. The van der Waals surface area contributed by atoms with Crippen molar-refractivity contribution in [1.82, 2.24) is 15.1 Å². The van der Waals surface area contributed by atoms with Crippen LogP contribution in [0.2, 0.25) is 5.02 Å². The van der Waals surface area contributed by atoms with E-state index in [2.05, 4.69) is 17.2 Å². The van der Waals surface area contributed by atoms with E-state index in [0.717, 1.165) is 0 Å². The molecule has 2 aromatic rings. The fourth-order valence-electron chi connectivity index (χ4n) is 4.01. The van der Waals surface area contributed by atoms with E-state index < -0.39 is 23.8 Å². The minimum Gasteiger partial charge on any atom is -0.326 e. The lowest BCUT2D eigenvalue weighted by atomic mass is 9.95. The summed E-state index contributed by atoms with van der Waals surface area (Å²) < 4.78 is 13.2. The van der Waals surface area contributed by atoms with E-state index >= 15 is 0 Å². The molecule has 0 aliphatic carbocycles. The Morgan fingerprint density at radius 3 is 2.64 bits per heavy atom. The molecule has 2 N–H and O–H groups in total. The van der Waals surface area contributed by atoms with Crippen LogP contribution in [0.4, 0.5) is 14.9 Å². The number of amides is 4. The zero-order valence-electron chi connectivity index (χ0n) is 17.8. The van der Waals surface area contributed by atoms with Crippen molar-refractivity contribution < 1.29 is 18.8 Å². The molecule has 0 saturated heterocycles. The predicted octanol–water partition coefficient (Wildman–Crippen LogP) is 3.85. The van der Waals surface area contributed by atoms with E-state index in [9.17, 15) is 18.8 Å². The van der Waals surface area contributed by atoms with Crippen molar-refractivity contribution in [1.29, 1.82) is 0 Å². The fraction of sp³-hybridized carbons (Fsp3) is 0.208. The highest BCUT2D eigenvalue weighted by molar-refractivity contribution is 6.31. The lowest BCUT2D eigenvalue weighted by molar-refractivity contribution is -0.133. The lowest BCUT2D eigenvalue weighted by Gasteiger charge is -2.33. The summed E-state index contributed by atoms with van der Waals surface area (Å²) in [5.41, 5.74) is 1.88. The number of carbonyl (C=O) groups is 3. The number of anilines is 1.